The van der Waals surface area contributed by atoms with Crippen molar-refractivity contribution in [2.75, 3.05) is 11.9 Å². The summed E-state index contributed by atoms with van der Waals surface area (Å²) < 4.78 is 0. The molecule has 1 aromatic rings. The Bertz CT molecular complexity index is 375. The van der Waals surface area contributed by atoms with Crippen molar-refractivity contribution in [3.63, 3.8) is 0 Å². The summed E-state index contributed by atoms with van der Waals surface area (Å²) >= 11 is 11.9. The standard InChI is InChI=1S/C11H15Cl2N3/c12-8-5-9(13)10(15-6-8)16-11(7-14)3-1-2-4-11/h5-6H,1-4,7,14H2,(H,15,16). The highest BCUT2D eigenvalue weighted by Gasteiger charge is 2.33. The van der Waals surface area contributed by atoms with Crippen molar-refractivity contribution >= 4 is 29.0 Å². The van der Waals surface area contributed by atoms with E-state index < -0.39 is 0 Å². The van der Waals surface area contributed by atoms with E-state index in [0.717, 1.165) is 12.8 Å². The second-order valence-corrected chi connectivity index (χ2v) is 5.14. The molecule has 1 heterocycles. The molecule has 0 spiro atoms. The molecule has 0 radical (unpaired) electrons. The second-order valence-electron chi connectivity index (χ2n) is 4.30. The van der Waals surface area contributed by atoms with Crippen LogP contribution in [0.2, 0.25) is 10.0 Å². The summed E-state index contributed by atoms with van der Waals surface area (Å²) in [6.45, 7) is 0.605. The van der Waals surface area contributed by atoms with E-state index in [2.05, 4.69) is 10.3 Å². The van der Waals surface area contributed by atoms with E-state index in [1.165, 1.54) is 12.8 Å². The van der Waals surface area contributed by atoms with Crippen molar-refractivity contribution in [3.8, 4) is 0 Å². The minimum atomic E-state index is -0.0372. The van der Waals surface area contributed by atoms with Crippen LogP contribution >= 0.6 is 23.2 Å². The summed E-state index contributed by atoms with van der Waals surface area (Å²) in [5, 5.41) is 4.47. The minimum Gasteiger partial charge on any atom is -0.362 e. The molecule has 0 amide bonds. The van der Waals surface area contributed by atoms with Gasteiger partial charge in [-0.2, -0.15) is 0 Å². The highest BCUT2D eigenvalue weighted by molar-refractivity contribution is 6.35. The van der Waals surface area contributed by atoms with E-state index in [4.69, 9.17) is 28.9 Å². The topological polar surface area (TPSA) is 50.9 Å². The molecular weight excluding hydrogens is 245 g/mol. The average Bonchev–Trinajstić information content (AvgIpc) is 2.72. The summed E-state index contributed by atoms with van der Waals surface area (Å²) in [5.41, 5.74) is 5.80. The first kappa shape index (κ1) is 12.0. The molecule has 0 aliphatic heterocycles. The molecule has 88 valence electrons. The van der Waals surface area contributed by atoms with Gasteiger partial charge in [-0.25, -0.2) is 4.98 Å². The van der Waals surface area contributed by atoms with Crippen LogP contribution in [0.15, 0.2) is 12.3 Å². The zero-order valence-corrected chi connectivity index (χ0v) is 10.5. The van der Waals surface area contributed by atoms with Crippen molar-refractivity contribution < 1.29 is 0 Å². The Labute approximate surface area is 105 Å². The van der Waals surface area contributed by atoms with Gasteiger partial charge in [0.05, 0.1) is 15.6 Å². The van der Waals surface area contributed by atoms with Gasteiger partial charge >= 0.3 is 0 Å². The van der Waals surface area contributed by atoms with Gasteiger partial charge in [0.2, 0.25) is 0 Å². The van der Waals surface area contributed by atoms with E-state index in [1.807, 2.05) is 0 Å². The van der Waals surface area contributed by atoms with Gasteiger partial charge in [0.1, 0.15) is 5.82 Å². The van der Waals surface area contributed by atoms with Crippen LogP contribution < -0.4 is 11.1 Å². The fourth-order valence-corrected chi connectivity index (χ4v) is 2.62. The molecule has 0 atom stereocenters. The summed E-state index contributed by atoms with van der Waals surface area (Å²) in [6.07, 6.45) is 6.15. The normalized spacial score (nSPS) is 18.7. The van der Waals surface area contributed by atoms with E-state index in [0.29, 0.717) is 22.4 Å². The van der Waals surface area contributed by atoms with Gasteiger partial charge in [-0.1, -0.05) is 36.0 Å². The van der Waals surface area contributed by atoms with Gasteiger partial charge in [-0.3, -0.25) is 0 Å². The Morgan fingerprint density at radius 2 is 2.06 bits per heavy atom. The first-order valence-corrected chi connectivity index (χ1v) is 6.20. The number of nitrogens with two attached hydrogens (primary N) is 1. The van der Waals surface area contributed by atoms with E-state index in [1.54, 1.807) is 12.3 Å². The molecule has 0 unspecified atom stereocenters. The highest BCUT2D eigenvalue weighted by atomic mass is 35.5. The van der Waals surface area contributed by atoms with Gasteiger partial charge in [-0.15, -0.1) is 0 Å². The molecule has 0 bridgehead atoms. The molecule has 3 N–H and O–H groups in total. The summed E-state index contributed by atoms with van der Waals surface area (Å²) in [7, 11) is 0. The quantitative estimate of drug-likeness (QED) is 0.878. The van der Waals surface area contributed by atoms with Crippen LogP contribution in [-0.2, 0) is 0 Å². The number of aromatic nitrogens is 1. The Morgan fingerprint density at radius 3 is 2.62 bits per heavy atom. The molecule has 1 saturated carbocycles. The lowest BCUT2D eigenvalue weighted by Crippen LogP contribution is -2.43. The second kappa shape index (κ2) is 4.78. The predicted molar refractivity (Wildman–Crippen MR) is 68.1 cm³/mol. The Hall–Kier alpha value is -0.510. The van der Waals surface area contributed by atoms with Gasteiger partial charge in [0.15, 0.2) is 0 Å². The van der Waals surface area contributed by atoms with E-state index in [-0.39, 0.29) is 5.54 Å². The predicted octanol–water partition coefficient (Wildman–Crippen LogP) is 3.07. The van der Waals surface area contributed by atoms with Crippen LogP contribution in [0, 0.1) is 0 Å². The SMILES string of the molecule is NCC1(Nc2ncc(Cl)cc2Cl)CCCC1. The number of pyridine rings is 1. The maximum absolute atomic E-state index is 6.08. The van der Waals surface area contributed by atoms with Crippen LogP contribution in [0.5, 0.6) is 0 Å². The lowest BCUT2D eigenvalue weighted by Gasteiger charge is -2.29. The number of nitrogens with one attached hydrogen (secondary N) is 1. The number of nitrogens with zero attached hydrogens (tertiary/aromatic N) is 1. The van der Waals surface area contributed by atoms with Crippen LogP contribution in [0.25, 0.3) is 0 Å². The highest BCUT2D eigenvalue weighted by Crippen LogP contribution is 2.34. The van der Waals surface area contributed by atoms with E-state index in [9.17, 15) is 0 Å². The van der Waals surface area contributed by atoms with Crippen molar-refractivity contribution in [1.29, 1.82) is 0 Å². The molecule has 5 heteroatoms. The fraction of sp³-hybridized carbons (Fsp3) is 0.545. The third kappa shape index (κ3) is 2.42. The van der Waals surface area contributed by atoms with Crippen LogP contribution in [-0.4, -0.2) is 17.1 Å². The molecular formula is C11H15Cl2N3. The lowest BCUT2D eigenvalue weighted by atomic mass is 9.98. The van der Waals surface area contributed by atoms with Crippen LogP contribution in [0.4, 0.5) is 5.82 Å². The molecule has 16 heavy (non-hydrogen) atoms. The Morgan fingerprint density at radius 1 is 1.38 bits per heavy atom. The van der Waals surface area contributed by atoms with Crippen LogP contribution in [0.3, 0.4) is 0 Å². The Kier molecular flexibility index (Phi) is 3.57. The largest absolute Gasteiger partial charge is 0.362 e. The third-order valence-electron chi connectivity index (χ3n) is 3.14. The molecule has 1 aliphatic rings. The number of hydrogen-bond donors (Lipinski definition) is 2. The maximum atomic E-state index is 6.08. The average molecular weight is 260 g/mol. The molecule has 1 fully saturated rings. The van der Waals surface area contributed by atoms with Crippen molar-refractivity contribution in [2.24, 2.45) is 5.73 Å². The Balaban J connectivity index is 2.19. The monoisotopic (exact) mass is 259 g/mol. The van der Waals surface area contributed by atoms with Crippen molar-refractivity contribution in [3.05, 3.63) is 22.3 Å². The third-order valence-corrected chi connectivity index (χ3v) is 3.64. The summed E-state index contributed by atoms with van der Waals surface area (Å²) in [4.78, 5) is 4.20. The summed E-state index contributed by atoms with van der Waals surface area (Å²) in [5.74, 6) is 0.679. The van der Waals surface area contributed by atoms with Gasteiger partial charge in [0.25, 0.3) is 0 Å². The van der Waals surface area contributed by atoms with E-state index >= 15 is 0 Å². The maximum Gasteiger partial charge on any atom is 0.145 e. The molecule has 0 saturated heterocycles. The van der Waals surface area contributed by atoms with Crippen molar-refractivity contribution in [1.82, 2.24) is 4.98 Å². The number of halogens is 2. The molecule has 1 aromatic heterocycles. The molecule has 2 rings (SSSR count). The minimum absolute atomic E-state index is 0.0372. The molecule has 1 aliphatic carbocycles. The first-order valence-electron chi connectivity index (χ1n) is 5.44. The van der Waals surface area contributed by atoms with Gasteiger partial charge in [-0.05, 0) is 18.9 Å². The number of anilines is 1. The lowest BCUT2D eigenvalue weighted by molar-refractivity contribution is 0.491. The zero-order chi connectivity index (χ0) is 11.6. The fourth-order valence-electron chi connectivity index (χ4n) is 2.19. The smallest absolute Gasteiger partial charge is 0.145 e. The first-order chi connectivity index (χ1) is 7.65. The summed E-state index contributed by atoms with van der Waals surface area (Å²) in [6, 6.07) is 1.69. The zero-order valence-electron chi connectivity index (χ0n) is 8.97. The molecule has 0 aromatic carbocycles. The number of rotatable bonds is 3. The van der Waals surface area contributed by atoms with Gasteiger partial charge < -0.3 is 11.1 Å². The van der Waals surface area contributed by atoms with Gasteiger partial charge in [0, 0.05) is 12.7 Å². The van der Waals surface area contributed by atoms with Crippen molar-refractivity contribution in [2.45, 2.75) is 31.2 Å². The number of hydrogen-bond acceptors (Lipinski definition) is 3. The van der Waals surface area contributed by atoms with Crippen LogP contribution in [0.1, 0.15) is 25.7 Å². The molecule has 3 nitrogen and oxygen atoms in total.